The molecule has 1 fully saturated rings. The van der Waals surface area contributed by atoms with Crippen LogP contribution >= 0.6 is 0 Å². The first-order chi connectivity index (χ1) is 11.5. The van der Waals surface area contributed by atoms with Crippen molar-refractivity contribution in [3.8, 4) is 0 Å². The molecule has 4 N–H and O–H groups in total. The Hall–Kier alpha value is -2.56. The summed E-state index contributed by atoms with van der Waals surface area (Å²) < 4.78 is 36.8. The van der Waals surface area contributed by atoms with Crippen molar-refractivity contribution in [3.63, 3.8) is 0 Å². The topological polar surface area (TPSA) is 134 Å². The van der Waals surface area contributed by atoms with Crippen LogP contribution in [0.5, 0.6) is 0 Å². The first kappa shape index (κ1) is 20.5. The number of rotatable bonds is 5. The molecule has 1 amide bonds. The van der Waals surface area contributed by atoms with Gasteiger partial charge in [-0.05, 0) is 25.8 Å². The van der Waals surface area contributed by atoms with Gasteiger partial charge in [-0.1, -0.05) is 0 Å². The molecule has 0 saturated heterocycles. The molecule has 1 unspecified atom stereocenters. The average molecular weight is 366 g/mol. The molecule has 1 aliphatic rings. The van der Waals surface area contributed by atoms with Crippen molar-refractivity contribution in [2.45, 2.75) is 44.6 Å². The molecule has 1 atom stereocenters. The lowest BCUT2D eigenvalue weighted by atomic mass is 10.2. The average Bonchev–Trinajstić information content (AvgIpc) is 3.22. The Balaban J connectivity index is 0.000000381. The van der Waals surface area contributed by atoms with E-state index >= 15 is 0 Å². The number of nitrogens with two attached hydrogens (primary N) is 1. The summed E-state index contributed by atoms with van der Waals surface area (Å²) in [5.74, 6) is -3.56. The van der Waals surface area contributed by atoms with Gasteiger partial charge in [0.15, 0.2) is 0 Å². The lowest BCUT2D eigenvalue weighted by molar-refractivity contribution is -0.192. The van der Waals surface area contributed by atoms with Crippen LogP contribution in [-0.2, 0) is 16.1 Å². The molecule has 1 heterocycles. The zero-order valence-corrected chi connectivity index (χ0v) is 13.1. The number of furan rings is 1. The van der Waals surface area contributed by atoms with Crippen LogP contribution in [0, 0.1) is 0 Å². The standard InChI is InChI=1S/C12H16N2O4.C2HF3O2/c1-7(12(16)17)14(9-2-3-9)11(15)8-4-10(5-13)18-6-8;3-2(4,5)1(6)7/h4,6-7,9H,2-3,5,13H2,1H3,(H,16,17);(H,6,7). The van der Waals surface area contributed by atoms with E-state index in [-0.39, 0.29) is 18.5 Å². The van der Waals surface area contributed by atoms with Crippen LogP contribution in [0.2, 0.25) is 0 Å². The summed E-state index contributed by atoms with van der Waals surface area (Å²) in [4.78, 5) is 33.6. The number of aliphatic carboxylic acids is 2. The monoisotopic (exact) mass is 366 g/mol. The third kappa shape index (κ3) is 5.78. The highest BCUT2D eigenvalue weighted by Crippen LogP contribution is 2.30. The molecule has 1 aromatic rings. The molecule has 0 aromatic carbocycles. The van der Waals surface area contributed by atoms with Crippen LogP contribution in [0.3, 0.4) is 0 Å². The minimum absolute atomic E-state index is 0.0276. The summed E-state index contributed by atoms with van der Waals surface area (Å²) in [5.41, 5.74) is 5.76. The molecule has 0 bridgehead atoms. The number of hydrogen-bond donors (Lipinski definition) is 3. The summed E-state index contributed by atoms with van der Waals surface area (Å²) >= 11 is 0. The van der Waals surface area contributed by atoms with Gasteiger partial charge in [0, 0.05) is 6.04 Å². The highest BCUT2D eigenvalue weighted by Gasteiger charge is 2.39. The van der Waals surface area contributed by atoms with E-state index in [1.54, 1.807) is 6.07 Å². The molecule has 1 aliphatic carbocycles. The second kappa shape index (κ2) is 8.01. The lowest BCUT2D eigenvalue weighted by Gasteiger charge is -2.25. The molecular weight excluding hydrogens is 349 g/mol. The van der Waals surface area contributed by atoms with Gasteiger partial charge < -0.3 is 25.3 Å². The van der Waals surface area contributed by atoms with Gasteiger partial charge in [-0.15, -0.1) is 0 Å². The van der Waals surface area contributed by atoms with E-state index in [0.717, 1.165) is 12.8 Å². The number of carboxylic acid groups (broad SMARTS) is 2. The smallest absolute Gasteiger partial charge is 0.480 e. The van der Waals surface area contributed by atoms with Gasteiger partial charge in [-0.3, -0.25) is 4.79 Å². The van der Waals surface area contributed by atoms with E-state index < -0.39 is 24.2 Å². The summed E-state index contributed by atoms with van der Waals surface area (Å²) in [6.45, 7) is 1.73. The number of halogens is 3. The van der Waals surface area contributed by atoms with Crippen LogP contribution < -0.4 is 5.73 Å². The predicted molar refractivity (Wildman–Crippen MR) is 76.6 cm³/mol. The van der Waals surface area contributed by atoms with Crippen molar-refractivity contribution in [2.75, 3.05) is 0 Å². The number of carboxylic acids is 2. The Bertz CT molecular complexity index is 639. The van der Waals surface area contributed by atoms with Gasteiger partial charge in [0.2, 0.25) is 0 Å². The van der Waals surface area contributed by atoms with Gasteiger partial charge in [-0.25, -0.2) is 9.59 Å². The minimum atomic E-state index is -5.08. The van der Waals surface area contributed by atoms with Crippen molar-refractivity contribution >= 4 is 17.8 Å². The Labute approximate surface area is 140 Å². The lowest BCUT2D eigenvalue weighted by Crippen LogP contribution is -2.44. The molecule has 0 aliphatic heterocycles. The van der Waals surface area contributed by atoms with E-state index in [0.29, 0.717) is 11.3 Å². The van der Waals surface area contributed by atoms with E-state index in [1.165, 1.54) is 18.1 Å². The molecule has 0 spiro atoms. The first-order valence-corrected chi connectivity index (χ1v) is 7.12. The molecule has 11 heteroatoms. The maximum absolute atomic E-state index is 12.3. The maximum Gasteiger partial charge on any atom is 0.490 e. The van der Waals surface area contributed by atoms with Gasteiger partial charge in [-0.2, -0.15) is 13.2 Å². The summed E-state index contributed by atoms with van der Waals surface area (Å²) in [6, 6.07) is 0.757. The predicted octanol–water partition coefficient (Wildman–Crippen LogP) is 1.45. The number of carbonyl (C=O) groups is 3. The summed E-state index contributed by atoms with van der Waals surface area (Å²) in [5, 5.41) is 16.2. The fraction of sp³-hybridized carbons (Fsp3) is 0.500. The van der Waals surface area contributed by atoms with Gasteiger partial charge in [0.05, 0.1) is 12.1 Å². The second-order valence-electron chi connectivity index (χ2n) is 5.27. The fourth-order valence-corrected chi connectivity index (χ4v) is 1.88. The zero-order chi connectivity index (χ0) is 19.4. The number of amides is 1. The molecule has 0 radical (unpaired) electrons. The highest BCUT2D eigenvalue weighted by molar-refractivity contribution is 5.96. The molecule has 8 nitrogen and oxygen atoms in total. The number of hydrogen-bond acceptors (Lipinski definition) is 5. The van der Waals surface area contributed by atoms with E-state index in [9.17, 15) is 22.8 Å². The molecule has 140 valence electrons. The number of carbonyl (C=O) groups excluding carboxylic acids is 1. The largest absolute Gasteiger partial charge is 0.490 e. The number of alkyl halides is 3. The van der Waals surface area contributed by atoms with E-state index in [1.807, 2.05) is 0 Å². The van der Waals surface area contributed by atoms with Crippen molar-refractivity contribution < 1.29 is 42.2 Å². The SMILES string of the molecule is CC(C(=O)O)N(C(=O)c1coc(CN)c1)C1CC1.O=C(O)C(F)(F)F. The van der Waals surface area contributed by atoms with Crippen molar-refractivity contribution in [1.82, 2.24) is 4.90 Å². The van der Waals surface area contributed by atoms with Crippen LogP contribution in [-0.4, -0.2) is 51.2 Å². The fourth-order valence-electron chi connectivity index (χ4n) is 1.88. The Kier molecular flexibility index (Phi) is 6.56. The quantitative estimate of drug-likeness (QED) is 0.718. The molecular formula is C14H17F3N2O6. The molecule has 1 aromatic heterocycles. The molecule has 2 rings (SSSR count). The second-order valence-corrected chi connectivity index (χ2v) is 5.27. The van der Waals surface area contributed by atoms with Crippen molar-refractivity contribution in [3.05, 3.63) is 23.7 Å². The van der Waals surface area contributed by atoms with Crippen LogP contribution in [0.4, 0.5) is 13.2 Å². The van der Waals surface area contributed by atoms with Crippen LogP contribution in [0.1, 0.15) is 35.9 Å². The third-order valence-electron chi connectivity index (χ3n) is 3.29. The Morgan fingerprint density at radius 3 is 2.20 bits per heavy atom. The van der Waals surface area contributed by atoms with Gasteiger partial charge >= 0.3 is 18.1 Å². The first-order valence-electron chi connectivity index (χ1n) is 7.12. The third-order valence-corrected chi connectivity index (χ3v) is 3.29. The summed E-state index contributed by atoms with van der Waals surface area (Å²) in [7, 11) is 0. The molecule has 1 saturated carbocycles. The van der Waals surface area contributed by atoms with Crippen molar-refractivity contribution in [2.24, 2.45) is 5.73 Å². The van der Waals surface area contributed by atoms with Gasteiger partial charge in [0.25, 0.3) is 5.91 Å². The minimum Gasteiger partial charge on any atom is -0.480 e. The maximum atomic E-state index is 12.3. The summed E-state index contributed by atoms with van der Waals surface area (Å²) in [6.07, 6.45) is -2.05. The van der Waals surface area contributed by atoms with E-state index in [4.69, 9.17) is 25.2 Å². The number of nitrogens with zero attached hydrogens (tertiary/aromatic N) is 1. The van der Waals surface area contributed by atoms with Crippen molar-refractivity contribution in [1.29, 1.82) is 0 Å². The Morgan fingerprint density at radius 2 is 1.88 bits per heavy atom. The van der Waals surface area contributed by atoms with Crippen LogP contribution in [0.15, 0.2) is 16.7 Å². The van der Waals surface area contributed by atoms with Gasteiger partial charge in [0.1, 0.15) is 18.1 Å². The highest BCUT2D eigenvalue weighted by atomic mass is 19.4. The molecule has 25 heavy (non-hydrogen) atoms. The van der Waals surface area contributed by atoms with E-state index in [2.05, 4.69) is 0 Å². The Morgan fingerprint density at radius 1 is 1.36 bits per heavy atom. The van der Waals surface area contributed by atoms with Crippen LogP contribution in [0.25, 0.3) is 0 Å². The zero-order valence-electron chi connectivity index (χ0n) is 13.1. The normalized spacial score (nSPS) is 14.9.